The van der Waals surface area contributed by atoms with Crippen molar-refractivity contribution < 1.29 is 4.79 Å². The molecule has 2 N–H and O–H groups in total. The van der Waals surface area contributed by atoms with E-state index in [-0.39, 0.29) is 30.7 Å². The summed E-state index contributed by atoms with van der Waals surface area (Å²) < 4.78 is 0. The molecule has 0 bridgehead atoms. The van der Waals surface area contributed by atoms with Crippen molar-refractivity contribution in [2.75, 3.05) is 13.1 Å². The number of carbonyl (C=O) groups excluding carboxylic acids is 1. The Morgan fingerprint density at radius 3 is 2.41 bits per heavy atom. The van der Waals surface area contributed by atoms with Crippen LogP contribution in [0, 0.1) is 6.92 Å². The van der Waals surface area contributed by atoms with E-state index in [4.69, 9.17) is 0 Å². The van der Waals surface area contributed by atoms with Gasteiger partial charge in [-0.25, -0.2) is 0 Å². The summed E-state index contributed by atoms with van der Waals surface area (Å²) >= 11 is 0. The Balaban J connectivity index is 0.00000220. The van der Waals surface area contributed by atoms with Gasteiger partial charge in [0.05, 0.1) is 5.56 Å². The molecule has 22 heavy (non-hydrogen) atoms. The summed E-state index contributed by atoms with van der Waals surface area (Å²) in [4.78, 5) is 16.0. The largest absolute Gasteiger partial charge is 0.351 e. The van der Waals surface area contributed by atoms with Crippen molar-refractivity contribution in [3.63, 3.8) is 0 Å². The third-order valence-corrected chi connectivity index (χ3v) is 3.87. The van der Waals surface area contributed by atoms with Gasteiger partial charge >= 0.3 is 0 Å². The van der Waals surface area contributed by atoms with Crippen LogP contribution in [0.1, 0.15) is 54.6 Å². The molecule has 6 heteroatoms. The van der Waals surface area contributed by atoms with Crippen LogP contribution < -0.4 is 10.6 Å². The molecule has 1 aromatic rings. The second-order valence-corrected chi connectivity index (χ2v) is 5.59. The number of hydrogen-bond donors (Lipinski definition) is 2. The summed E-state index contributed by atoms with van der Waals surface area (Å²) in [7, 11) is 0. The van der Waals surface area contributed by atoms with Crippen LogP contribution in [-0.2, 0) is 0 Å². The van der Waals surface area contributed by atoms with Gasteiger partial charge in [0.25, 0.3) is 5.91 Å². The van der Waals surface area contributed by atoms with Crippen LogP contribution in [0.5, 0.6) is 0 Å². The van der Waals surface area contributed by atoms with Crippen molar-refractivity contribution in [2.45, 2.75) is 51.5 Å². The zero-order chi connectivity index (χ0) is 14.2. The number of nitrogens with zero attached hydrogens (tertiary/aromatic N) is 1. The normalized spacial score (nSPS) is 15.1. The van der Waals surface area contributed by atoms with Gasteiger partial charge in [-0.2, -0.15) is 0 Å². The SMILES string of the molecule is Cc1ccc(C(=O)NCCNC2CCCCCC2)cn1.Cl.Cl. The molecule has 0 unspecified atom stereocenters. The van der Waals surface area contributed by atoms with E-state index in [0.29, 0.717) is 18.2 Å². The first-order valence-corrected chi connectivity index (χ1v) is 7.70. The highest BCUT2D eigenvalue weighted by atomic mass is 35.5. The van der Waals surface area contributed by atoms with Gasteiger partial charge in [-0.3, -0.25) is 9.78 Å². The van der Waals surface area contributed by atoms with Gasteiger partial charge in [0.1, 0.15) is 0 Å². The summed E-state index contributed by atoms with van der Waals surface area (Å²) in [6.07, 6.45) is 9.58. The number of halogens is 2. The lowest BCUT2D eigenvalue weighted by Crippen LogP contribution is -2.36. The number of amides is 1. The Morgan fingerprint density at radius 2 is 1.82 bits per heavy atom. The molecule has 1 aliphatic carbocycles. The smallest absolute Gasteiger partial charge is 0.252 e. The topological polar surface area (TPSA) is 54.0 Å². The van der Waals surface area contributed by atoms with Crippen LogP contribution in [0.15, 0.2) is 18.3 Å². The molecule has 0 aliphatic heterocycles. The van der Waals surface area contributed by atoms with E-state index in [1.54, 1.807) is 6.20 Å². The highest BCUT2D eigenvalue weighted by Crippen LogP contribution is 2.16. The van der Waals surface area contributed by atoms with Crippen LogP contribution in [0.2, 0.25) is 0 Å². The van der Waals surface area contributed by atoms with Gasteiger partial charge in [-0.1, -0.05) is 25.7 Å². The molecule has 2 rings (SSSR count). The third-order valence-electron chi connectivity index (χ3n) is 3.87. The molecule has 1 saturated carbocycles. The highest BCUT2D eigenvalue weighted by molar-refractivity contribution is 5.93. The average molecular weight is 348 g/mol. The first-order chi connectivity index (χ1) is 9.75. The Kier molecular flexibility index (Phi) is 11.2. The first kappa shape index (κ1) is 21.2. The Bertz CT molecular complexity index is 418. The third kappa shape index (κ3) is 7.43. The zero-order valence-electron chi connectivity index (χ0n) is 13.1. The number of carbonyl (C=O) groups is 1. The van der Waals surface area contributed by atoms with Crippen molar-refractivity contribution in [2.24, 2.45) is 0 Å². The molecule has 1 aromatic heterocycles. The van der Waals surface area contributed by atoms with Crippen LogP contribution in [0.25, 0.3) is 0 Å². The number of aryl methyl sites for hydroxylation is 1. The molecule has 0 saturated heterocycles. The molecular weight excluding hydrogens is 321 g/mol. The minimum absolute atomic E-state index is 0. The van der Waals surface area contributed by atoms with E-state index in [1.165, 1.54) is 38.5 Å². The highest BCUT2D eigenvalue weighted by Gasteiger charge is 2.11. The average Bonchev–Trinajstić information content (AvgIpc) is 2.73. The molecular formula is C16H27Cl2N3O. The minimum Gasteiger partial charge on any atom is -0.351 e. The molecule has 1 amide bonds. The Morgan fingerprint density at radius 1 is 1.14 bits per heavy atom. The van der Waals surface area contributed by atoms with Crippen molar-refractivity contribution in [3.05, 3.63) is 29.6 Å². The number of aromatic nitrogens is 1. The predicted molar refractivity (Wildman–Crippen MR) is 95.3 cm³/mol. The molecule has 0 spiro atoms. The summed E-state index contributed by atoms with van der Waals surface area (Å²) in [6.45, 7) is 3.43. The molecule has 4 nitrogen and oxygen atoms in total. The van der Waals surface area contributed by atoms with Gasteiger partial charge in [0.15, 0.2) is 0 Å². The summed E-state index contributed by atoms with van der Waals surface area (Å²) in [5.74, 6) is -0.0415. The molecule has 0 radical (unpaired) electrons. The van der Waals surface area contributed by atoms with Crippen molar-refractivity contribution in [1.82, 2.24) is 15.6 Å². The maximum absolute atomic E-state index is 11.9. The molecule has 126 valence electrons. The van der Waals surface area contributed by atoms with E-state index in [1.807, 2.05) is 19.1 Å². The maximum atomic E-state index is 11.9. The van der Waals surface area contributed by atoms with E-state index >= 15 is 0 Å². The maximum Gasteiger partial charge on any atom is 0.252 e. The number of pyridine rings is 1. The lowest BCUT2D eigenvalue weighted by atomic mass is 10.1. The second-order valence-electron chi connectivity index (χ2n) is 5.59. The number of hydrogen-bond acceptors (Lipinski definition) is 3. The molecule has 0 aromatic carbocycles. The standard InChI is InChI=1S/C16H25N3O.2ClH/c1-13-8-9-14(12-19-13)16(20)18-11-10-17-15-6-4-2-3-5-7-15;;/h8-9,12,15,17H,2-7,10-11H2,1H3,(H,18,20);2*1H. The van der Waals surface area contributed by atoms with Gasteiger partial charge in [-0.05, 0) is 31.9 Å². The van der Waals surface area contributed by atoms with Crippen molar-refractivity contribution >= 4 is 30.7 Å². The van der Waals surface area contributed by atoms with E-state index < -0.39 is 0 Å². The fraction of sp³-hybridized carbons (Fsp3) is 0.625. The molecule has 1 heterocycles. The monoisotopic (exact) mass is 347 g/mol. The molecule has 1 aliphatic rings. The first-order valence-electron chi connectivity index (χ1n) is 7.70. The predicted octanol–water partition coefficient (Wildman–Crippen LogP) is 3.28. The molecule has 1 fully saturated rings. The fourth-order valence-corrected chi connectivity index (χ4v) is 2.64. The van der Waals surface area contributed by atoms with Crippen LogP contribution in [-0.4, -0.2) is 30.0 Å². The lowest BCUT2D eigenvalue weighted by molar-refractivity contribution is 0.0953. The minimum atomic E-state index is -0.0415. The summed E-state index contributed by atoms with van der Waals surface area (Å²) in [5, 5.41) is 6.48. The van der Waals surface area contributed by atoms with Crippen molar-refractivity contribution in [3.8, 4) is 0 Å². The van der Waals surface area contributed by atoms with Gasteiger partial charge < -0.3 is 10.6 Å². The van der Waals surface area contributed by atoms with E-state index in [9.17, 15) is 4.79 Å². The van der Waals surface area contributed by atoms with Crippen LogP contribution in [0.3, 0.4) is 0 Å². The fourth-order valence-electron chi connectivity index (χ4n) is 2.64. The number of rotatable bonds is 5. The van der Waals surface area contributed by atoms with Crippen LogP contribution in [0.4, 0.5) is 0 Å². The summed E-state index contributed by atoms with van der Waals surface area (Å²) in [5.41, 5.74) is 1.56. The Labute approximate surface area is 145 Å². The van der Waals surface area contributed by atoms with Crippen LogP contribution >= 0.6 is 24.8 Å². The molecule has 0 atom stereocenters. The van der Waals surface area contributed by atoms with Gasteiger partial charge in [0.2, 0.25) is 0 Å². The zero-order valence-corrected chi connectivity index (χ0v) is 14.8. The Hall–Kier alpha value is -0.840. The van der Waals surface area contributed by atoms with Crippen molar-refractivity contribution in [1.29, 1.82) is 0 Å². The van der Waals surface area contributed by atoms with Gasteiger partial charge in [-0.15, -0.1) is 24.8 Å². The quantitative estimate of drug-likeness (QED) is 0.634. The lowest BCUT2D eigenvalue weighted by Gasteiger charge is -2.16. The van der Waals surface area contributed by atoms with E-state index in [0.717, 1.165) is 12.2 Å². The second kappa shape index (κ2) is 11.7. The van der Waals surface area contributed by atoms with E-state index in [2.05, 4.69) is 15.6 Å². The summed E-state index contributed by atoms with van der Waals surface area (Å²) in [6, 6.07) is 4.31. The number of nitrogens with one attached hydrogen (secondary N) is 2. The van der Waals surface area contributed by atoms with Gasteiger partial charge in [0, 0.05) is 31.0 Å².